The molecular formula is C11H20N2O3. The lowest BCUT2D eigenvalue weighted by Gasteiger charge is -2.23. The Kier molecular flexibility index (Phi) is 4.29. The highest BCUT2D eigenvalue weighted by molar-refractivity contribution is 5.82. The minimum Gasteiger partial charge on any atom is -0.465 e. The number of nitrogens with one attached hydrogen (secondary N) is 2. The largest absolute Gasteiger partial charge is 0.465 e. The molecule has 0 aromatic heterocycles. The molecule has 5 nitrogen and oxygen atoms in total. The first kappa shape index (κ1) is 13.0. The molecule has 1 aliphatic rings. The van der Waals surface area contributed by atoms with Crippen molar-refractivity contribution in [2.75, 3.05) is 13.2 Å². The van der Waals surface area contributed by atoms with Crippen molar-refractivity contribution in [3.05, 3.63) is 0 Å². The predicted octanol–water partition coefficient (Wildman–Crippen LogP) is 0.196. The van der Waals surface area contributed by atoms with Gasteiger partial charge in [0, 0.05) is 6.04 Å². The molecule has 0 heterocycles. The van der Waals surface area contributed by atoms with Gasteiger partial charge in [0.15, 0.2) is 0 Å². The Balaban J connectivity index is 2.27. The molecule has 0 aromatic carbocycles. The van der Waals surface area contributed by atoms with E-state index >= 15 is 0 Å². The predicted molar refractivity (Wildman–Crippen MR) is 59.9 cm³/mol. The maximum Gasteiger partial charge on any atom is 0.325 e. The number of carbonyl (C=O) groups excluding carboxylic acids is 2. The van der Waals surface area contributed by atoms with Gasteiger partial charge in [-0.15, -0.1) is 0 Å². The lowest BCUT2D eigenvalue weighted by atomic mass is 10.1. The van der Waals surface area contributed by atoms with Crippen molar-refractivity contribution >= 4 is 11.9 Å². The first-order valence-electron chi connectivity index (χ1n) is 5.67. The number of ether oxygens (including phenoxy) is 1. The second kappa shape index (κ2) is 5.30. The molecule has 0 bridgehead atoms. The van der Waals surface area contributed by atoms with Gasteiger partial charge >= 0.3 is 5.97 Å². The third-order valence-electron chi connectivity index (χ3n) is 2.42. The number of carbonyl (C=O) groups is 2. The van der Waals surface area contributed by atoms with Gasteiger partial charge in [-0.2, -0.15) is 0 Å². The summed E-state index contributed by atoms with van der Waals surface area (Å²) in [6.07, 6.45) is 2.13. The van der Waals surface area contributed by atoms with E-state index < -0.39 is 5.54 Å². The van der Waals surface area contributed by atoms with E-state index in [1.807, 2.05) is 0 Å². The zero-order chi connectivity index (χ0) is 12.2. The Bertz CT molecular complexity index is 272. The van der Waals surface area contributed by atoms with Gasteiger partial charge in [0.1, 0.15) is 5.54 Å². The van der Waals surface area contributed by atoms with Crippen molar-refractivity contribution in [1.29, 1.82) is 0 Å². The van der Waals surface area contributed by atoms with Crippen molar-refractivity contribution < 1.29 is 14.3 Å². The van der Waals surface area contributed by atoms with Gasteiger partial charge < -0.3 is 10.1 Å². The maximum atomic E-state index is 11.5. The SMILES string of the molecule is CCOC(=O)C(C)(C)NCC(=O)NC1CC1. The molecule has 1 saturated carbocycles. The summed E-state index contributed by atoms with van der Waals surface area (Å²) in [5.41, 5.74) is -0.823. The van der Waals surface area contributed by atoms with Gasteiger partial charge in [-0.3, -0.25) is 14.9 Å². The molecular weight excluding hydrogens is 208 g/mol. The van der Waals surface area contributed by atoms with E-state index in [1.54, 1.807) is 20.8 Å². The minimum absolute atomic E-state index is 0.0696. The standard InChI is InChI=1S/C11H20N2O3/c1-4-16-10(15)11(2,3)12-7-9(14)13-8-5-6-8/h8,12H,4-7H2,1-3H3,(H,13,14). The summed E-state index contributed by atoms with van der Waals surface area (Å²) in [4.78, 5) is 22.9. The number of amides is 1. The van der Waals surface area contributed by atoms with Crippen LogP contribution < -0.4 is 10.6 Å². The van der Waals surface area contributed by atoms with E-state index in [0.717, 1.165) is 12.8 Å². The van der Waals surface area contributed by atoms with E-state index in [0.29, 0.717) is 12.6 Å². The van der Waals surface area contributed by atoms with Crippen LogP contribution in [0.15, 0.2) is 0 Å². The molecule has 0 atom stereocenters. The second-order valence-electron chi connectivity index (χ2n) is 4.54. The first-order chi connectivity index (χ1) is 7.45. The molecule has 1 rings (SSSR count). The Labute approximate surface area is 95.9 Å². The van der Waals surface area contributed by atoms with Gasteiger partial charge in [0.05, 0.1) is 13.2 Å². The highest BCUT2D eigenvalue weighted by atomic mass is 16.5. The quantitative estimate of drug-likeness (QED) is 0.637. The molecule has 0 spiro atoms. The van der Waals surface area contributed by atoms with E-state index in [9.17, 15) is 9.59 Å². The lowest BCUT2D eigenvalue weighted by molar-refractivity contribution is -0.149. The summed E-state index contributed by atoms with van der Waals surface area (Å²) in [6.45, 7) is 5.65. The topological polar surface area (TPSA) is 67.4 Å². The molecule has 1 aliphatic carbocycles. The van der Waals surface area contributed by atoms with Crippen LogP contribution in [0.2, 0.25) is 0 Å². The fourth-order valence-electron chi connectivity index (χ4n) is 1.19. The fraction of sp³-hybridized carbons (Fsp3) is 0.818. The van der Waals surface area contributed by atoms with Crippen molar-refractivity contribution in [3.8, 4) is 0 Å². The van der Waals surface area contributed by atoms with Gasteiger partial charge in [0.25, 0.3) is 0 Å². The molecule has 2 N–H and O–H groups in total. The van der Waals surface area contributed by atoms with Crippen LogP contribution in [0.5, 0.6) is 0 Å². The number of esters is 1. The highest BCUT2D eigenvalue weighted by Gasteiger charge is 2.30. The van der Waals surface area contributed by atoms with Gasteiger partial charge in [0.2, 0.25) is 5.91 Å². The van der Waals surface area contributed by atoms with E-state index in [2.05, 4.69) is 10.6 Å². The van der Waals surface area contributed by atoms with Crippen LogP contribution in [0.1, 0.15) is 33.6 Å². The third kappa shape index (κ3) is 4.18. The number of hydrogen-bond acceptors (Lipinski definition) is 4. The molecule has 16 heavy (non-hydrogen) atoms. The zero-order valence-electron chi connectivity index (χ0n) is 10.1. The average Bonchev–Trinajstić information content (AvgIpc) is 2.99. The monoisotopic (exact) mass is 228 g/mol. The Hall–Kier alpha value is -1.10. The zero-order valence-corrected chi connectivity index (χ0v) is 10.1. The van der Waals surface area contributed by atoms with Crippen LogP contribution in [0, 0.1) is 0 Å². The summed E-state index contributed by atoms with van der Waals surface area (Å²) >= 11 is 0. The number of hydrogen-bond donors (Lipinski definition) is 2. The van der Waals surface area contributed by atoms with Crippen LogP contribution in [0.3, 0.4) is 0 Å². The summed E-state index contributed by atoms with van der Waals surface area (Å²) in [5, 5.41) is 5.73. The van der Waals surface area contributed by atoms with Gasteiger partial charge in [-0.1, -0.05) is 0 Å². The summed E-state index contributed by atoms with van der Waals surface area (Å²) in [7, 11) is 0. The van der Waals surface area contributed by atoms with Crippen LogP contribution in [0.4, 0.5) is 0 Å². The van der Waals surface area contributed by atoms with Crippen molar-refractivity contribution in [3.63, 3.8) is 0 Å². The van der Waals surface area contributed by atoms with Crippen LogP contribution in [-0.4, -0.2) is 36.6 Å². The summed E-state index contributed by atoms with van der Waals surface area (Å²) < 4.78 is 4.90. The lowest BCUT2D eigenvalue weighted by Crippen LogP contribution is -2.51. The molecule has 0 radical (unpaired) electrons. The van der Waals surface area contributed by atoms with Crippen LogP contribution in [0.25, 0.3) is 0 Å². The average molecular weight is 228 g/mol. The molecule has 0 aromatic rings. The normalized spacial score (nSPS) is 15.7. The summed E-state index contributed by atoms with van der Waals surface area (Å²) in [5.74, 6) is -0.408. The molecule has 92 valence electrons. The van der Waals surface area contributed by atoms with E-state index in [1.165, 1.54) is 0 Å². The Morgan fingerprint density at radius 3 is 2.50 bits per heavy atom. The molecule has 0 unspecified atom stereocenters. The van der Waals surface area contributed by atoms with Gasteiger partial charge in [-0.05, 0) is 33.6 Å². The Morgan fingerprint density at radius 1 is 1.38 bits per heavy atom. The third-order valence-corrected chi connectivity index (χ3v) is 2.42. The highest BCUT2D eigenvalue weighted by Crippen LogP contribution is 2.18. The molecule has 0 aliphatic heterocycles. The van der Waals surface area contributed by atoms with Crippen molar-refractivity contribution in [2.24, 2.45) is 0 Å². The fourth-order valence-corrected chi connectivity index (χ4v) is 1.19. The van der Waals surface area contributed by atoms with Crippen LogP contribution >= 0.6 is 0 Å². The minimum atomic E-state index is -0.823. The molecule has 5 heteroatoms. The smallest absolute Gasteiger partial charge is 0.325 e. The van der Waals surface area contributed by atoms with Crippen molar-refractivity contribution in [2.45, 2.75) is 45.2 Å². The van der Waals surface area contributed by atoms with E-state index in [4.69, 9.17) is 4.74 Å². The van der Waals surface area contributed by atoms with E-state index in [-0.39, 0.29) is 18.4 Å². The summed E-state index contributed by atoms with van der Waals surface area (Å²) in [6, 6.07) is 0.347. The molecule has 1 fully saturated rings. The van der Waals surface area contributed by atoms with Crippen molar-refractivity contribution in [1.82, 2.24) is 10.6 Å². The molecule has 0 saturated heterocycles. The first-order valence-corrected chi connectivity index (χ1v) is 5.67. The molecule has 1 amide bonds. The Morgan fingerprint density at radius 2 is 2.00 bits per heavy atom. The van der Waals surface area contributed by atoms with Gasteiger partial charge in [-0.25, -0.2) is 0 Å². The van der Waals surface area contributed by atoms with Crippen LogP contribution in [-0.2, 0) is 14.3 Å². The number of rotatable bonds is 6. The maximum absolute atomic E-state index is 11.5. The second-order valence-corrected chi connectivity index (χ2v) is 4.54.